The number of para-hydroxylation sites is 2. The van der Waals surface area contributed by atoms with Crippen molar-refractivity contribution in [1.82, 2.24) is 16.4 Å². The first-order valence-electron chi connectivity index (χ1n) is 8.71. The van der Waals surface area contributed by atoms with Crippen LogP contribution >= 0.6 is 0 Å². The summed E-state index contributed by atoms with van der Waals surface area (Å²) < 4.78 is 5.57. The van der Waals surface area contributed by atoms with Gasteiger partial charge >= 0.3 is 0 Å². The van der Waals surface area contributed by atoms with Crippen molar-refractivity contribution in [1.29, 1.82) is 0 Å². The summed E-state index contributed by atoms with van der Waals surface area (Å²) >= 11 is 0. The van der Waals surface area contributed by atoms with Gasteiger partial charge in [0.05, 0.1) is 12.3 Å². The fourth-order valence-electron chi connectivity index (χ4n) is 2.77. The standard InChI is InChI=1S/C19H25N5O2/c1-4-26-16-8-6-5-7-15(16)21-19(25)17-18(23-24-22-17)20-14-10-9-12(2)13(3)11-14/h5-11,17-18,20,22-24H,4H2,1-3H3,(H,21,25). The number of anilines is 2. The number of benzene rings is 2. The first-order valence-corrected chi connectivity index (χ1v) is 8.71. The third-order valence-electron chi connectivity index (χ3n) is 4.34. The van der Waals surface area contributed by atoms with Crippen LogP contribution in [-0.4, -0.2) is 24.7 Å². The molecule has 0 aromatic heterocycles. The van der Waals surface area contributed by atoms with Gasteiger partial charge < -0.3 is 15.4 Å². The number of amides is 1. The molecule has 138 valence electrons. The number of rotatable bonds is 6. The number of hydrogen-bond acceptors (Lipinski definition) is 6. The lowest BCUT2D eigenvalue weighted by atomic mass is 10.1. The minimum Gasteiger partial charge on any atom is -0.492 e. The molecule has 26 heavy (non-hydrogen) atoms. The maximum absolute atomic E-state index is 12.7. The molecule has 7 heteroatoms. The molecule has 2 aromatic rings. The molecule has 1 aliphatic rings. The van der Waals surface area contributed by atoms with E-state index in [9.17, 15) is 4.79 Å². The SMILES string of the molecule is CCOc1ccccc1NC(=O)C1NNNC1Nc1ccc(C)c(C)c1. The van der Waals surface area contributed by atoms with Gasteiger partial charge in [0.15, 0.2) is 0 Å². The van der Waals surface area contributed by atoms with Gasteiger partial charge in [0.25, 0.3) is 0 Å². The zero-order valence-electron chi connectivity index (χ0n) is 15.2. The summed E-state index contributed by atoms with van der Waals surface area (Å²) in [5.41, 5.74) is 12.8. The molecule has 2 atom stereocenters. The van der Waals surface area contributed by atoms with E-state index in [0.29, 0.717) is 18.0 Å². The Morgan fingerprint density at radius 3 is 2.69 bits per heavy atom. The molecule has 0 radical (unpaired) electrons. The van der Waals surface area contributed by atoms with Crippen molar-refractivity contribution in [2.24, 2.45) is 0 Å². The molecular formula is C19H25N5O2. The largest absolute Gasteiger partial charge is 0.492 e. The molecule has 0 spiro atoms. The molecule has 0 aliphatic carbocycles. The van der Waals surface area contributed by atoms with Crippen LogP contribution in [0.5, 0.6) is 5.75 Å². The van der Waals surface area contributed by atoms with Gasteiger partial charge in [-0.05, 0) is 56.2 Å². The lowest BCUT2D eigenvalue weighted by Gasteiger charge is -2.21. The summed E-state index contributed by atoms with van der Waals surface area (Å²) in [5, 5.41) is 6.26. The maximum atomic E-state index is 12.7. The highest BCUT2D eigenvalue weighted by molar-refractivity contribution is 5.97. The van der Waals surface area contributed by atoms with E-state index in [1.54, 1.807) is 0 Å². The highest BCUT2D eigenvalue weighted by atomic mass is 16.5. The molecule has 1 saturated heterocycles. The van der Waals surface area contributed by atoms with Crippen LogP contribution in [0.3, 0.4) is 0 Å². The van der Waals surface area contributed by atoms with Crippen LogP contribution < -0.4 is 31.8 Å². The second-order valence-electron chi connectivity index (χ2n) is 6.23. The molecule has 7 nitrogen and oxygen atoms in total. The maximum Gasteiger partial charge on any atom is 0.246 e. The number of carbonyl (C=O) groups excluding carboxylic acids is 1. The molecule has 1 amide bonds. The molecule has 1 aliphatic heterocycles. The third-order valence-corrected chi connectivity index (χ3v) is 4.34. The van der Waals surface area contributed by atoms with Crippen molar-refractivity contribution in [2.75, 3.05) is 17.2 Å². The Kier molecular flexibility index (Phi) is 5.72. The van der Waals surface area contributed by atoms with E-state index in [1.807, 2.05) is 37.3 Å². The molecule has 2 unspecified atom stereocenters. The van der Waals surface area contributed by atoms with E-state index >= 15 is 0 Å². The van der Waals surface area contributed by atoms with Crippen LogP contribution in [0.1, 0.15) is 18.1 Å². The van der Waals surface area contributed by atoms with Crippen molar-refractivity contribution in [3.8, 4) is 5.75 Å². The van der Waals surface area contributed by atoms with Crippen molar-refractivity contribution >= 4 is 17.3 Å². The number of ether oxygens (including phenoxy) is 1. The average Bonchev–Trinajstić information content (AvgIpc) is 3.08. The highest BCUT2D eigenvalue weighted by Crippen LogP contribution is 2.24. The Hall–Kier alpha value is -2.61. The highest BCUT2D eigenvalue weighted by Gasteiger charge is 2.33. The Morgan fingerprint density at radius 2 is 1.92 bits per heavy atom. The molecule has 1 fully saturated rings. The van der Waals surface area contributed by atoms with Gasteiger partial charge in [-0.2, -0.15) is 5.53 Å². The minimum absolute atomic E-state index is 0.170. The molecule has 0 bridgehead atoms. The van der Waals surface area contributed by atoms with Crippen molar-refractivity contribution in [3.63, 3.8) is 0 Å². The predicted molar refractivity (Wildman–Crippen MR) is 103 cm³/mol. The molecule has 3 rings (SSSR count). The summed E-state index contributed by atoms with van der Waals surface area (Å²) in [6, 6.07) is 13.0. The van der Waals surface area contributed by atoms with E-state index in [0.717, 1.165) is 5.69 Å². The van der Waals surface area contributed by atoms with Gasteiger partial charge in [-0.15, -0.1) is 0 Å². The summed E-state index contributed by atoms with van der Waals surface area (Å²) in [6.07, 6.45) is -0.309. The molecule has 1 heterocycles. The molecule has 2 aromatic carbocycles. The van der Waals surface area contributed by atoms with Crippen molar-refractivity contribution in [2.45, 2.75) is 33.0 Å². The van der Waals surface area contributed by atoms with Crippen LogP contribution in [0.15, 0.2) is 42.5 Å². The second kappa shape index (κ2) is 8.18. The fourth-order valence-corrected chi connectivity index (χ4v) is 2.77. The van der Waals surface area contributed by atoms with E-state index in [2.05, 4.69) is 53.0 Å². The number of hydrazine groups is 2. The van der Waals surface area contributed by atoms with Gasteiger partial charge in [-0.3, -0.25) is 4.79 Å². The minimum atomic E-state index is -0.508. The fraction of sp³-hybridized carbons (Fsp3) is 0.316. The van der Waals surface area contributed by atoms with Crippen LogP contribution in [0.4, 0.5) is 11.4 Å². The van der Waals surface area contributed by atoms with Crippen molar-refractivity contribution in [3.05, 3.63) is 53.6 Å². The first kappa shape index (κ1) is 18.2. The molecule has 0 saturated carbocycles. The zero-order valence-corrected chi connectivity index (χ0v) is 15.2. The lowest BCUT2D eigenvalue weighted by molar-refractivity contribution is -0.118. The smallest absolute Gasteiger partial charge is 0.246 e. The lowest BCUT2D eigenvalue weighted by Crippen LogP contribution is -2.48. The van der Waals surface area contributed by atoms with Gasteiger partial charge in [-0.25, -0.2) is 10.9 Å². The number of carbonyl (C=O) groups is 1. The van der Waals surface area contributed by atoms with Gasteiger partial charge in [0.1, 0.15) is 18.0 Å². The third kappa shape index (κ3) is 4.13. The van der Waals surface area contributed by atoms with E-state index in [4.69, 9.17) is 4.74 Å². The van der Waals surface area contributed by atoms with Crippen LogP contribution in [0.25, 0.3) is 0 Å². The van der Waals surface area contributed by atoms with E-state index < -0.39 is 6.04 Å². The van der Waals surface area contributed by atoms with E-state index in [1.165, 1.54) is 11.1 Å². The van der Waals surface area contributed by atoms with E-state index in [-0.39, 0.29) is 12.1 Å². The number of hydrogen-bond donors (Lipinski definition) is 5. The van der Waals surface area contributed by atoms with Crippen LogP contribution in [-0.2, 0) is 4.79 Å². The summed E-state index contributed by atoms with van der Waals surface area (Å²) in [5.74, 6) is 0.483. The summed E-state index contributed by atoms with van der Waals surface area (Å²) in [7, 11) is 0. The van der Waals surface area contributed by atoms with Gasteiger partial charge in [-0.1, -0.05) is 18.2 Å². The molecular weight excluding hydrogens is 330 g/mol. The second-order valence-corrected chi connectivity index (χ2v) is 6.23. The number of nitrogens with one attached hydrogen (secondary N) is 5. The Labute approximate surface area is 153 Å². The average molecular weight is 355 g/mol. The topological polar surface area (TPSA) is 86.5 Å². The molecule has 5 N–H and O–H groups in total. The quantitative estimate of drug-likeness (QED) is 0.545. The van der Waals surface area contributed by atoms with Crippen LogP contribution in [0, 0.1) is 13.8 Å². The summed E-state index contributed by atoms with van der Waals surface area (Å²) in [4.78, 5) is 12.7. The first-order chi connectivity index (χ1) is 12.6. The Bertz CT molecular complexity index is 780. The van der Waals surface area contributed by atoms with Crippen LogP contribution in [0.2, 0.25) is 0 Å². The summed E-state index contributed by atoms with van der Waals surface area (Å²) in [6.45, 7) is 6.58. The number of aryl methyl sites for hydroxylation is 2. The van der Waals surface area contributed by atoms with Crippen molar-refractivity contribution < 1.29 is 9.53 Å². The van der Waals surface area contributed by atoms with Gasteiger partial charge in [0, 0.05) is 5.69 Å². The predicted octanol–water partition coefficient (Wildman–Crippen LogP) is 2.06. The normalized spacial score (nSPS) is 19.2. The Balaban J connectivity index is 1.69. The zero-order chi connectivity index (χ0) is 18.5. The monoisotopic (exact) mass is 355 g/mol. The Morgan fingerprint density at radius 1 is 1.12 bits per heavy atom. The van der Waals surface area contributed by atoms with Gasteiger partial charge in [0.2, 0.25) is 5.91 Å².